The molecule has 0 radical (unpaired) electrons. The molecule has 0 bridgehead atoms. The van der Waals surface area contributed by atoms with E-state index in [1.54, 1.807) is 0 Å². The van der Waals surface area contributed by atoms with E-state index in [1.165, 1.54) is 34.1 Å². The Hall–Kier alpha value is -0.340. The summed E-state index contributed by atoms with van der Waals surface area (Å²) in [6, 6.07) is 4.45. The molecule has 2 heteroatoms. The molecule has 70 valence electrons. The second-order valence-electron chi connectivity index (χ2n) is 3.82. The van der Waals surface area contributed by atoms with Crippen molar-refractivity contribution in [1.82, 2.24) is 4.90 Å². The number of hydrogen-bond acceptors (Lipinski definition) is 1. The zero-order valence-corrected chi connectivity index (χ0v) is 9.69. The van der Waals surface area contributed by atoms with Crippen LogP contribution in [0.25, 0.3) is 0 Å². The van der Waals surface area contributed by atoms with Crippen molar-refractivity contribution in [3.63, 3.8) is 0 Å². The molecule has 0 spiro atoms. The van der Waals surface area contributed by atoms with E-state index in [9.17, 15) is 0 Å². The van der Waals surface area contributed by atoms with Crippen molar-refractivity contribution in [3.05, 3.63) is 33.3 Å². The highest BCUT2D eigenvalue weighted by atomic mass is 79.9. The lowest BCUT2D eigenvalue weighted by Gasteiger charge is -2.26. The van der Waals surface area contributed by atoms with Gasteiger partial charge in [0.15, 0.2) is 0 Å². The first-order valence-corrected chi connectivity index (χ1v) is 5.43. The zero-order valence-electron chi connectivity index (χ0n) is 8.10. The summed E-state index contributed by atoms with van der Waals surface area (Å²) in [6.45, 7) is 4.42. The Balaban J connectivity index is 2.47. The molecular weight excluding hydrogens is 226 g/mol. The maximum absolute atomic E-state index is 3.67. The van der Waals surface area contributed by atoms with Crippen LogP contribution in [0.2, 0.25) is 0 Å². The van der Waals surface area contributed by atoms with E-state index in [4.69, 9.17) is 0 Å². The van der Waals surface area contributed by atoms with Crippen molar-refractivity contribution in [3.8, 4) is 0 Å². The molecule has 1 aliphatic heterocycles. The van der Waals surface area contributed by atoms with E-state index in [0.29, 0.717) is 0 Å². The Labute approximate surface area is 87.9 Å². The van der Waals surface area contributed by atoms with Crippen LogP contribution >= 0.6 is 15.9 Å². The molecule has 2 rings (SSSR count). The van der Waals surface area contributed by atoms with Gasteiger partial charge in [-0.25, -0.2) is 0 Å². The Morgan fingerprint density at radius 1 is 1.38 bits per heavy atom. The SMILES string of the molecule is Cc1ccc2c(c1Br)CCN(C)C2. The van der Waals surface area contributed by atoms with Gasteiger partial charge in [0, 0.05) is 17.6 Å². The molecule has 0 fully saturated rings. The minimum absolute atomic E-state index is 1.09. The summed E-state index contributed by atoms with van der Waals surface area (Å²) in [6.07, 6.45) is 1.17. The number of benzene rings is 1. The van der Waals surface area contributed by atoms with Crippen molar-refractivity contribution in [2.24, 2.45) is 0 Å². The number of likely N-dealkylation sites (N-methyl/N-ethyl adjacent to an activating group) is 1. The van der Waals surface area contributed by atoms with Gasteiger partial charge in [0.2, 0.25) is 0 Å². The van der Waals surface area contributed by atoms with Gasteiger partial charge >= 0.3 is 0 Å². The number of rotatable bonds is 0. The van der Waals surface area contributed by atoms with Gasteiger partial charge in [-0.05, 0) is 37.1 Å². The second-order valence-corrected chi connectivity index (χ2v) is 4.61. The maximum Gasteiger partial charge on any atom is 0.0240 e. The number of fused-ring (bicyclic) bond motifs is 1. The summed E-state index contributed by atoms with van der Waals surface area (Å²) in [4.78, 5) is 2.37. The molecule has 0 N–H and O–H groups in total. The molecule has 0 amide bonds. The summed E-state index contributed by atoms with van der Waals surface area (Å²) in [5.74, 6) is 0. The van der Waals surface area contributed by atoms with E-state index in [0.717, 1.165) is 6.54 Å². The van der Waals surface area contributed by atoms with Crippen LogP contribution in [0.4, 0.5) is 0 Å². The fourth-order valence-electron chi connectivity index (χ4n) is 1.87. The third kappa shape index (κ3) is 1.65. The van der Waals surface area contributed by atoms with Gasteiger partial charge in [-0.2, -0.15) is 0 Å². The molecule has 0 saturated heterocycles. The largest absolute Gasteiger partial charge is 0.302 e. The van der Waals surface area contributed by atoms with Crippen molar-refractivity contribution < 1.29 is 0 Å². The molecule has 1 nitrogen and oxygen atoms in total. The Morgan fingerprint density at radius 3 is 2.92 bits per heavy atom. The average molecular weight is 240 g/mol. The zero-order chi connectivity index (χ0) is 9.42. The Kier molecular flexibility index (Phi) is 2.43. The second kappa shape index (κ2) is 3.43. The monoisotopic (exact) mass is 239 g/mol. The van der Waals surface area contributed by atoms with Gasteiger partial charge in [-0.15, -0.1) is 0 Å². The topological polar surface area (TPSA) is 3.24 Å². The lowest BCUT2D eigenvalue weighted by molar-refractivity contribution is 0.312. The minimum atomic E-state index is 1.09. The molecule has 0 saturated carbocycles. The van der Waals surface area contributed by atoms with E-state index in [-0.39, 0.29) is 0 Å². The molecule has 0 atom stereocenters. The van der Waals surface area contributed by atoms with Crippen LogP contribution in [0.15, 0.2) is 16.6 Å². The first-order valence-electron chi connectivity index (χ1n) is 4.64. The van der Waals surface area contributed by atoms with Crippen LogP contribution in [0.1, 0.15) is 16.7 Å². The number of aryl methyl sites for hydroxylation is 1. The van der Waals surface area contributed by atoms with Crippen LogP contribution in [0.5, 0.6) is 0 Å². The van der Waals surface area contributed by atoms with Crippen molar-refractivity contribution in [1.29, 1.82) is 0 Å². The number of halogens is 1. The van der Waals surface area contributed by atoms with Gasteiger partial charge in [0.05, 0.1) is 0 Å². The highest BCUT2D eigenvalue weighted by molar-refractivity contribution is 9.10. The lowest BCUT2D eigenvalue weighted by Crippen LogP contribution is -2.26. The van der Waals surface area contributed by atoms with E-state index in [2.05, 4.69) is 46.9 Å². The van der Waals surface area contributed by atoms with Crippen molar-refractivity contribution >= 4 is 15.9 Å². The van der Waals surface area contributed by atoms with Crippen molar-refractivity contribution in [2.45, 2.75) is 19.9 Å². The standard InChI is InChI=1S/C11H14BrN/c1-8-3-4-9-7-13(2)6-5-10(9)11(8)12/h3-4H,5-7H2,1-2H3. The van der Waals surface area contributed by atoms with Gasteiger partial charge < -0.3 is 4.90 Å². The van der Waals surface area contributed by atoms with Crippen LogP contribution < -0.4 is 0 Å². The van der Waals surface area contributed by atoms with Crippen LogP contribution in [-0.4, -0.2) is 18.5 Å². The van der Waals surface area contributed by atoms with E-state index < -0.39 is 0 Å². The van der Waals surface area contributed by atoms with Gasteiger partial charge in [-0.3, -0.25) is 0 Å². The molecule has 1 aliphatic rings. The fourth-order valence-corrected chi connectivity index (χ4v) is 2.45. The predicted molar refractivity (Wildman–Crippen MR) is 58.9 cm³/mol. The summed E-state index contributed by atoms with van der Waals surface area (Å²) in [7, 11) is 2.18. The number of hydrogen-bond donors (Lipinski definition) is 0. The lowest BCUT2D eigenvalue weighted by atomic mass is 9.98. The molecule has 1 heterocycles. The van der Waals surface area contributed by atoms with Crippen LogP contribution in [-0.2, 0) is 13.0 Å². The van der Waals surface area contributed by atoms with Crippen LogP contribution in [0, 0.1) is 6.92 Å². The smallest absolute Gasteiger partial charge is 0.0240 e. The van der Waals surface area contributed by atoms with Gasteiger partial charge in [0.1, 0.15) is 0 Å². The quantitative estimate of drug-likeness (QED) is 0.674. The Bertz CT molecular complexity index is 333. The van der Waals surface area contributed by atoms with E-state index in [1.807, 2.05) is 0 Å². The molecule has 0 aliphatic carbocycles. The van der Waals surface area contributed by atoms with Gasteiger partial charge in [0.25, 0.3) is 0 Å². The number of nitrogens with zero attached hydrogens (tertiary/aromatic N) is 1. The molecule has 13 heavy (non-hydrogen) atoms. The third-order valence-corrected chi connectivity index (χ3v) is 3.82. The normalized spacial score (nSPS) is 17.2. The van der Waals surface area contributed by atoms with Crippen LogP contribution in [0.3, 0.4) is 0 Å². The molecule has 1 aromatic rings. The first-order chi connectivity index (χ1) is 6.18. The molecule has 1 aromatic carbocycles. The highest BCUT2D eigenvalue weighted by Gasteiger charge is 2.15. The summed E-state index contributed by atoms with van der Waals surface area (Å²) in [5.41, 5.74) is 4.34. The summed E-state index contributed by atoms with van der Waals surface area (Å²) in [5, 5.41) is 0. The fraction of sp³-hybridized carbons (Fsp3) is 0.455. The first kappa shape index (κ1) is 9.22. The third-order valence-electron chi connectivity index (χ3n) is 2.72. The van der Waals surface area contributed by atoms with Crippen molar-refractivity contribution in [2.75, 3.05) is 13.6 Å². The summed E-state index contributed by atoms with van der Waals surface area (Å²) >= 11 is 3.67. The average Bonchev–Trinajstić information content (AvgIpc) is 2.12. The molecular formula is C11H14BrN. The van der Waals surface area contributed by atoms with Gasteiger partial charge in [-0.1, -0.05) is 28.1 Å². The van der Waals surface area contributed by atoms with E-state index >= 15 is 0 Å². The molecule has 0 aromatic heterocycles. The summed E-state index contributed by atoms with van der Waals surface area (Å²) < 4.78 is 1.32. The minimum Gasteiger partial charge on any atom is -0.302 e. The molecule has 0 unspecified atom stereocenters. The predicted octanol–water partition coefficient (Wildman–Crippen LogP) is 2.75. The Morgan fingerprint density at radius 2 is 2.15 bits per heavy atom. The maximum atomic E-state index is 3.67. The highest BCUT2D eigenvalue weighted by Crippen LogP contribution is 2.28.